The summed E-state index contributed by atoms with van der Waals surface area (Å²) in [6.07, 6.45) is 11.5. The third-order valence-corrected chi connectivity index (χ3v) is 9.27. The maximum absolute atomic E-state index is 12.2. The van der Waals surface area contributed by atoms with Gasteiger partial charge in [0.1, 0.15) is 5.82 Å². The number of nitrogens with zero attached hydrogens (tertiary/aromatic N) is 5. The van der Waals surface area contributed by atoms with Crippen LogP contribution in [0.3, 0.4) is 0 Å². The summed E-state index contributed by atoms with van der Waals surface area (Å²) >= 11 is 3.13. The molecule has 4 bridgehead atoms. The van der Waals surface area contributed by atoms with Crippen molar-refractivity contribution in [1.82, 2.24) is 24.1 Å². The van der Waals surface area contributed by atoms with Crippen molar-refractivity contribution in [3.05, 3.63) is 39.5 Å². The first-order valence-corrected chi connectivity index (χ1v) is 13.0. The lowest BCUT2D eigenvalue weighted by atomic mass is 9.49. The molecule has 158 valence electrons. The van der Waals surface area contributed by atoms with Gasteiger partial charge in [0.15, 0.2) is 10.1 Å². The van der Waals surface area contributed by atoms with Crippen molar-refractivity contribution in [2.24, 2.45) is 23.2 Å². The molecular weight excluding hydrogens is 414 g/mol. The monoisotopic (exact) mass is 441 g/mol. The van der Waals surface area contributed by atoms with E-state index in [4.69, 9.17) is 0 Å². The van der Waals surface area contributed by atoms with Crippen LogP contribution < -0.4 is 5.56 Å². The molecule has 0 N–H and O–H groups in total. The van der Waals surface area contributed by atoms with Gasteiger partial charge in [-0.05, 0) is 68.6 Å². The van der Waals surface area contributed by atoms with Crippen molar-refractivity contribution >= 4 is 28.1 Å². The molecule has 4 saturated carbocycles. The Balaban J connectivity index is 1.21. The van der Waals surface area contributed by atoms with Crippen LogP contribution >= 0.6 is 23.1 Å². The summed E-state index contributed by atoms with van der Waals surface area (Å²) in [6, 6.07) is 1.63. The Bertz CT molecular complexity index is 1110. The van der Waals surface area contributed by atoms with Crippen molar-refractivity contribution < 1.29 is 0 Å². The third kappa shape index (κ3) is 3.23. The van der Waals surface area contributed by atoms with Crippen LogP contribution in [0.5, 0.6) is 0 Å². The zero-order valence-corrected chi connectivity index (χ0v) is 18.9. The number of rotatable bonds is 6. The van der Waals surface area contributed by atoms with Gasteiger partial charge in [-0.15, -0.1) is 21.5 Å². The molecule has 0 spiro atoms. The Morgan fingerprint density at radius 2 is 1.90 bits per heavy atom. The largest absolute Gasteiger partial charge is 0.306 e. The predicted molar refractivity (Wildman–Crippen MR) is 119 cm³/mol. The minimum Gasteiger partial charge on any atom is -0.306 e. The van der Waals surface area contributed by atoms with Crippen LogP contribution in [0.15, 0.2) is 27.6 Å². The van der Waals surface area contributed by atoms with E-state index >= 15 is 0 Å². The zero-order valence-electron chi connectivity index (χ0n) is 17.3. The fourth-order valence-corrected chi connectivity index (χ4v) is 8.47. The summed E-state index contributed by atoms with van der Waals surface area (Å²) in [5, 5.41) is 12.0. The lowest BCUT2D eigenvalue weighted by molar-refractivity contribution is -0.0536. The average Bonchev–Trinajstić information content (AvgIpc) is 3.31. The molecule has 0 aliphatic heterocycles. The summed E-state index contributed by atoms with van der Waals surface area (Å²) in [5.74, 6) is 4.67. The number of thioether (sulfide) groups is 1. The molecular formula is C22H27N5OS2. The summed E-state index contributed by atoms with van der Waals surface area (Å²) < 4.78 is 3.89. The molecule has 4 aliphatic carbocycles. The van der Waals surface area contributed by atoms with E-state index in [1.807, 2.05) is 5.38 Å². The van der Waals surface area contributed by atoms with Crippen LogP contribution in [0.25, 0.3) is 4.96 Å². The van der Waals surface area contributed by atoms with Gasteiger partial charge < -0.3 is 4.57 Å². The number of aromatic nitrogens is 5. The quantitative estimate of drug-likeness (QED) is 0.530. The highest BCUT2D eigenvalue weighted by Crippen LogP contribution is 2.61. The Hall–Kier alpha value is -1.67. The van der Waals surface area contributed by atoms with Gasteiger partial charge in [-0.3, -0.25) is 9.20 Å². The highest BCUT2D eigenvalue weighted by molar-refractivity contribution is 7.98. The molecule has 6 nitrogen and oxygen atoms in total. The van der Waals surface area contributed by atoms with Crippen molar-refractivity contribution in [2.45, 2.75) is 69.3 Å². The van der Waals surface area contributed by atoms with Crippen LogP contribution in [0, 0.1) is 23.2 Å². The third-order valence-electron chi connectivity index (χ3n) is 7.51. The SMILES string of the molecule is CCn1c(CC23CC4CC(CC(C4)C2)C3)nnc1SCc1cc(=O)n2ccsc2n1. The first kappa shape index (κ1) is 19.0. The van der Waals surface area contributed by atoms with Crippen molar-refractivity contribution in [2.75, 3.05) is 0 Å². The van der Waals surface area contributed by atoms with Crippen LogP contribution in [-0.2, 0) is 18.7 Å². The van der Waals surface area contributed by atoms with Crippen LogP contribution in [0.4, 0.5) is 0 Å². The summed E-state index contributed by atoms with van der Waals surface area (Å²) in [7, 11) is 0. The summed E-state index contributed by atoms with van der Waals surface area (Å²) in [5.41, 5.74) is 1.26. The molecule has 0 amide bonds. The Morgan fingerprint density at radius 3 is 2.60 bits per heavy atom. The molecule has 7 rings (SSSR count). The molecule has 0 saturated heterocycles. The van der Waals surface area contributed by atoms with Gasteiger partial charge in [-0.25, -0.2) is 4.98 Å². The highest BCUT2D eigenvalue weighted by atomic mass is 32.2. The lowest BCUT2D eigenvalue weighted by Gasteiger charge is -2.56. The van der Waals surface area contributed by atoms with E-state index in [2.05, 4.69) is 26.7 Å². The first-order valence-electron chi connectivity index (χ1n) is 11.1. The zero-order chi connectivity index (χ0) is 20.3. The molecule has 0 unspecified atom stereocenters. The van der Waals surface area contributed by atoms with Gasteiger partial charge in [0.2, 0.25) is 0 Å². The van der Waals surface area contributed by atoms with E-state index in [9.17, 15) is 4.79 Å². The minimum atomic E-state index is -0.0173. The fraction of sp³-hybridized carbons (Fsp3) is 0.636. The van der Waals surface area contributed by atoms with Crippen molar-refractivity contribution in [3.63, 3.8) is 0 Å². The number of hydrogen-bond donors (Lipinski definition) is 0. The maximum atomic E-state index is 12.2. The number of hydrogen-bond acceptors (Lipinski definition) is 6. The number of fused-ring (bicyclic) bond motifs is 1. The average molecular weight is 442 g/mol. The van der Waals surface area contributed by atoms with E-state index in [1.54, 1.807) is 28.4 Å². The predicted octanol–water partition coefficient (Wildman–Crippen LogP) is 4.42. The highest BCUT2D eigenvalue weighted by Gasteiger charge is 2.51. The van der Waals surface area contributed by atoms with Gasteiger partial charge in [-0.1, -0.05) is 11.8 Å². The summed E-state index contributed by atoms with van der Waals surface area (Å²) in [6.45, 7) is 3.07. The Labute approximate surface area is 184 Å². The normalized spacial score (nSPS) is 29.8. The van der Waals surface area contributed by atoms with E-state index in [-0.39, 0.29) is 5.56 Å². The number of thiazole rings is 1. The minimum absolute atomic E-state index is 0.0173. The second-order valence-corrected chi connectivity index (χ2v) is 11.5. The van der Waals surface area contributed by atoms with E-state index in [0.29, 0.717) is 11.2 Å². The van der Waals surface area contributed by atoms with Gasteiger partial charge in [-0.2, -0.15) is 0 Å². The molecule has 3 aromatic heterocycles. The smallest absolute Gasteiger partial charge is 0.258 e. The van der Waals surface area contributed by atoms with Gasteiger partial charge in [0, 0.05) is 36.4 Å². The lowest BCUT2D eigenvalue weighted by Crippen LogP contribution is -2.47. The molecule has 30 heavy (non-hydrogen) atoms. The second kappa shape index (κ2) is 7.19. The Kier molecular flexibility index (Phi) is 4.57. The van der Waals surface area contributed by atoms with Crippen molar-refractivity contribution in [3.8, 4) is 0 Å². The maximum Gasteiger partial charge on any atom is 0.258 e. The second-order valence-electron chi connectivity index (χ2n) is 9.67. The molecule has 4 aliphatic rings. The molecule has 3 aromatic rings. The van der Waals surface area contributed by atoms with E-state index in [0.717, 1.165) is 52.4 Å². The molecule has 0 radical (unpaired) electrons. The molecule has 4 fully saturated rings. The van der Waals surface area contributed by atoms with E-state index in [1.165, 1.54) is 49.9 Å². The summed E-state index contributed by atoms with van der Waals surface area (Å²) in [4.78, 5) is 17.6. The van der Waals surface area contributed by atoms with Crippen LogP contribution in [-0.4, -0.2) is 24.1 Å². The first-order chi connectivity index (χ1) is 14.6. The van der Waals surface area contributed by atoms with Crippen LogP contribution in [0.1, 0.15) is 57.0 Å². The Morgan fingerprint density at radius 1 is 1.17 bits per heavy atom. The molecule has 0 atom stereocenters. The topological polar surface area (TPSA) is 65.1 Å². The molecule has 0 aromatic carbocycles. The van der Waals surface area contributed by atoms with Gasteiger partial charge in [0.05, 0.1) is 5.69 Å². The van der Waals surface area contributed by atoms with Crippen LogP contribution in [0.2, 0.25) is 0 Å². The molecule has 8 heteroatoms. The van der Waals surface area contributed by atoms with Crippen molar-refractivity contribution in [1.29, 1.82) is 0 Å². The molecule has 3 heterocycles. The van der Waals surface area contributed by atoms with Gasteiger partial charge >= 0.3 is 0 Å². The van der Waals surface area contributed by atoms with E-state index < -0.39 is 0 Å². The fourth-order valence-electron chi connectivity index (χ4n) is 6.82. The van der Waals surface area contributed by atoms with Gasteiger partial charge in [0.25, 0.3) is 5.56 Å². The standard InChI is InChI=1S/C22H27N5OS2/c1-2-26-18(12-22-9-14-5-15(10-22)7-16(6-14)11-22)24-25-21(26)30-13-17-8-19(28)27-3-4-29-20(27)23-17/h3-4,8,14-16H,2,5-7,9-13H2,1H3.